The van der Waals surface area contributed by atoms with Gasteiger partial charge in [0.1, 0.15) is 0 Å². The summed E-state index contributed by atoms with van der Waals surface area (Å²) in [5.74, 6) is 0.528. The Balaban J connectivity index is 0.000000490. The monoisotopic (exact) mass is 137 g/mol. The Labute approximate surface area is 55.7 Å². The average Bonchev–Trinajstić information content (AvgIpc) is 1.23. The fourth-order valence-corrected chi connectivity index (χ4v) is 0.652. The molecule has 1 heterocycles. The summed E-state index contributed by atoms with van der Waals surface area (Å²) in [5, 5.41) is 11.9. The zero-order valence-corrected chi connectivity index (χ0v) is 5.74. The molecule has 0 aromatic rings. The van der Waals surface area contributed by atoms with Crippen molar-refractivity contribution < 1.29 is 5.11 Å². The Morgan fingerprint density at radius 2 is 2.12 bits per heavy atom. The van der Waals surface area contributed by atoms with Crippen LogP contribution in [0.1, 0.15) is 6.92 Å². The van der Waals surface area contributed by atoms with Crippen LogP contribution < -0.4 is 5.32 Å². The van der Waals surface area contributed by atoms with Crippen molar-refractivity contribution in [2.45, 2.75) is 13.0 Å². The van der Waals surface area contributed by atoms with Crippen molar-refractivity contribution in [1.82, 2.24) is 5.32 Å². The smallest absolute Gasteiger partial charge is 0.0564 e. The van der Waals surface area contributed by atoms with E-state index in [0.29, 0.717) is 5.92 Å². The fraction of sp³-hybridized carbons (Fsp3) is 1.00. The van der Waals surface area contributed by atoms with Crippen molar-refractivity contribution in [1.29, 1.82) is 0 Å². The van der Waals surface area contributed by atoms with Crippen molar-refractivity contribution in [2.24, 2.45) is 5.92 Å². The lowest BCUT2D eigenvalue weighted by molar-refractivity contribution is 0.0928. The topological polar surface area (TPSA) is 32.3 Å². The number of hydrogen-bond donors (Lipinski definition) is 2. The van der Waals surface area contributed by atoms with Gasteiger partial charge in [0.2, 0.25) is 0 Å². The van der Waals surface area contributed by atoms with Crippen LogP contribution in [0.15, 0.2) is 0 Å². The van der Waals surface area contributed by atoms with Crippen LogP contribution in [0, 0.1) is 5.92 Å². The van der Waals surface area contributed by atoms with E-state index < -0.39 is 0 Å². The minimum Gasteiger partial charge on any atom is -0.393 e. The van der Waals surface area contributed by atoms with Gasteiger partial charge in [0.15, 0.2) is 0 Å². The maximum atomic E-state index is 8.83. The highest BCUT2D eigenvalue weighted by Crippen LogP contribution is 2.06. The second-order valence-corrected chi connectivity index (χ2v) is 2.16. The molecule has 1 aliphatic rings. The second-order valence-electron chi connectivity index (χ2n) is 2.16. The molecule has 1 saturated heterocycles. The first-order valence-electron chi connectivity index (χ1n) is 2.69. The Kier molecular flexibility index (Phi) is 3.36. The van der Waals surface area contributed by atoms with Crippen LogP contribution in [0.5, 0.6) is 0 Å². The lowest BCUT2D eigenvalue weighted by Crippen LogP contribution is -2.47. The van der Waals surface area contributed by atoms with E-state index in [-0.39, 0.29) is 18.5 Å². The van der Waals surface area contributed by atoms with Gasteiger partial charge < -0.3 is 10.4 Å². The standard InChI is InChI=1S/C5H11NO.ClH/c1-4(7)5-2-6-3-5;/h4-7H,2-3H2,1H3;1H/t4-;/m0./s1. The van der Waals surface area contributed by atoms with Crippen LogP contribution in [0.2, 0.25) is 0 Å². The van der Waals surface area contributed by atoms with E-state index in [4.69, 9.17) is 5.11 Å². The quantitative estimate of drug-likeness (QED) is 0.534. The van der Waals surface area contributed by atoms with Crippen molar-refractivity contribution in [3.63, 3.8) is 0 Å². The molecule has 0 spiro atoms. The molecule has 1 atom stereocenters. The summed E-state index contributed by atoms with van der Waals surface area (Å²) in [6.45, 7) is 3.83. The van der Waals surface area contributed by atoms with Crippen LogP contribution in [-0.2, 0) is 0 Å². The lowest BCUT2D eigenvalue weighted by Gasteiger charge is -2.29. The Bertz CT molecular complexity index is 63.4. The highest BCUT2D eigenvalue weighted by molar-refractivity contribution is 5.85. The first-order chi connectivity index (χ1) is 3.30. The number of aliphatic hydroxyl groups excluding tert-OH is 1. The van der Waals surface area contributed by atoms with Crippen LogP contribution in [-0.4, -0.2) is 24.3 Å². The number of rotatable bonds is 1. The molecule has 0 aliphatic carbocycles. The van der Waals surface area contributed by atoms with Crippen molar-refractivity contribution in [2.75, 3.05) is 13.1 Å². The van der Waals surface area contributed by atoms with E-state index in [1.807, 2.05) is 6.92 Å². The van der Waals surface area contributed by atoms with Gasteiger partial charge in [0.05, 0.1) is 6.10 Å². The Hall–Kier alpha value is 0.210. The highest BCUT2D eigenvalue weighted by atomic mass is 35.5. The molecule has 0 aromatic heterocycles. The minimum absolute atomic E-state index is 0. The maximum absolute atomic E-state index is 8.83. The van der Waals surface area contributed by atoms with Gasteiger partial charge in [-0.05, 0) is 6.92 Å². The lowest BCUT2D eigenvalue weighted by atomic mass is 9.98. The molecule has 0 amide bonds. The predicted molar refractivity (Wildman–Crippen MR) is 35.3 cm³/mol. The van der Waals surface area contributed by atoms with Crippen LogP contribution in [0.3, 0.4) is 0 Å². The molecule has 2 N–H and O–H groups in total. The average molecular weight is 138 g/mol. The normalized spacial score (nSPS) is 23.2. The van der Waals surface area contributed by atoms with E-state index in [1.165, 1.54) is 0 Å². The molecule has 8 heavy (non-hydrogen) atoms. The number of hydrogen-bond acceptors (Lipinski definition) is 2. The molecule has 0 saturated carbocycles. The van der Waals surface area contributed by atoms with Crippen molar-refractivity contribution in [3.8, 4) is 0 Å². The number of halogens is 1. The third-order valence-corrected chi connectivity index (χ3v) is 1.50. The first-order valence-corrected chi connectivity index (χ1v) is 2.69. The first kappa shape index (κ1) is 8.21. The van der Waals surface area contributed by atoms with Gasteiger partial charge in [-0.2, -0.15) is 0 Å². The zero-order chi connectivity index (χ0) is 5.28. The van der Waals surface area contributed by atoms with Gasteiger partial charge in [0, 0.05) is 19.0 Å². The predicted octanol–water partition coefficient (Wildman–Crippen LogP) is 0.00840. The Morgan fingerprint density at radius 1 is 1.62 bits per heavy atom. The molecule has 3 heteroatoms. The molecule has 1 aliphatic heterocycles. The second kappa shape index (κ2) is 3.28. The molecule has 0 radical (unpaired) electrons. The van der Waals surface area contributed by atoms with E-state index in [1.54, 1.807) is 0 Å². The number of nitrogens with one attached hydrogen (secondary N) is 1. The zero-order valence-electron chi connectivity index (χ0n) is 4.92. The van der Waals surface area contributed by atoms with E-state index in [0.717, 1.165) is 13.1 Å². The molecular weight excluding hydrogens is 126 g/mol. The van der Waals surface area contributed by atoms with Crippen molar-refractivity contribution in [3.05, 3.63) is 0 Å². The van der Waals surface area contributed by atoms with E-state index in [9.17, 15) is 0 Å². The summed E-state index contributed by atoms with van der Waals surface area (Å²) in [5.41, 5.74) is 0. The summed E-state index contributed by atoms with van der Waals surface area (Å²) in [7, 11) is 0. The van der Waals surface area contributed by atoms with E-state index in [2.05, 4.69) is 5.32 Å². The maximum Gasteiger partial charge on any atom is 0.0564 e. The van der Waals surface area contributed by atoms with Gasteiger partial charge in [-0.15, -0.1) is 12.4 Å². The number of aliphatic hydroxyl groups is 1. The molecule has 0 aromatic carbocycles. The summed E-state index contributed by atoms with van der Waals surface area (Å²) in [6, 6.07) is 0. The molecule has 1 rings (SSSR count). The van der Waals surface area contributed by atoms with Crippen LogP contribution >= 0.6 is 12.4 Å². The molecular formula is C5H12ClNO. The fourth-order valence-electron chi connectivity index (χ4n) is 0.652. The minimum atomic E-state index is -0.110. The van der Waals surface area contributed by atoms with Crippen molar-refractivity contribution >= 4 is 12.4 Å². The molecule has 0 bridgehead atoms. The summed E-state index contributed by atoms with van der Waals surface area (Å²) < 4.78 is 0. The third-order valence-electron chi connectivity index (χ3n) is 1.50. The summed E-state index contributed by atoms with van der Waals surface area (Å²) in [6.07, 6.45) is -0.110. The van der Waals surface area contributed by atoms with Gasteiger partial charge >= 0.3 is 0 Å². The molecule has 0 unspecified atom stereocenters. The van der Waals surface area contributed by atoms with Gasteiger partial charge in [0.25, 0.3) is 0 Å². The third kappa shape index (κ3) is 1.62. The molecule has 1 fully saturated rings. The largest absolute Gasteiger partial charge is 0.393 e. The Morgan fingerprint density at radius 3 is 2.12 bits per heavy atom. The molecule has 50 valence electrons. The van der Waals surface area contributed by atoms with Crippen LogP contribution in [0.4, 0.5) is 0 Å². The van der Waals surface area contributed by atoms with Crippen LogP contribution in [0.25, 0.3) is 0 Å². The molecule has 2 nitrogen and oxygen atoms in total. The van der Waals surface area contributed by atoms with Gasteiger partial charge in [-0.1, -0.05) is 0 Å². The van der Waals surface area contributed by atoms with E-state index >= 15 is 0 Å². The SMILES string of the molecule is C[C@H](O)C1CNC1.Cl. The highest BCUT2D eigenvalue weighted by Gasteiger charge is 2.20. The van der Waals surface area contributed by atoms with Gasteiger partial charge in [-0.25, -0.2) is 0 Å². The summed E-state index contributed by atoms with van der Waals surface area (Å²) in [4.78, 5) is 0. The summed E-state index contributed by atoms with van der Waals surface area (Å²) >= 11 is 0. The van der Waals surface area contributed by atoms with Gasteiger partial charge in [-0.3, -0.25) is 0 Å².